The Morgan fingerprint density at radius 2 is 1.25 bits per heavy atom. The van der Waals surface area contributed by atoms with Crippen LogP contribution in [0, 0.1) is 0 Å². The predicted molar refractivity (Wildman–Crippen MR) is 62.8 cm³/mol. The summed E-state index contributed by atoms with van der Waals surface area (Å²) in [5, 5.41) is 0. The van der Waals surface area contributed by atoms with Gasteiger partial charge < -0.3 is 0 Å². The summed E-state index contributed by atoms with van der Waals surface area (Å²) in [6.07, 6.45) is 0. The molecule has 0 N–H and O–H groups in total. The van der Waals surface area contributed by atoms with Crippen molar-refractivity contribution in [1.82, 2.24) is 9.80 Å². The quantitative estimate of drug-likeness (QED) is 0.394. The van der Waals surface area contributed by atoms with Gasteiger partial charge in [-0.2, -0.15) is 0 Å². The van der Waals surface area contributed by atoms with Crippen molar-refractivity contribution in [3.63, 3.8) is 0 Å². The van der Waals surface area contributed by atoms with Gasteiger partial charge in [0.25, 0.3) is 0 Å². The number of hydrogen-bond donors (Lipinski definition) is 0. The molecule has 0 saturated carbocycles. The van der Waals surface area contributed by atoms with Crippen molar-refractivity contribution in [1.29, 1.82) is 0 Å². The zero-order chi connectivity index (χ0) is 9.94. The van der Waals surface area contributed by atoms with Crippen LogP contribution in [0.1, 0.15) is 0 Å². The second-order valence-corrected chi connectivity index (χ2v) is 15.4. The average Bonchev–Trinajstić information content (AvgIpc) is 1.79. The molecule has 0 aliphatic carbocycles. The Kier molecular flexibility index (Phi) is 4.93. The van der Waals surface area contributed by atoms with E-state index in [9.17, 15) is 0 Å². The Hall–Kier alpha value is 0.567. The number of rotatable bonds is 4. The van der Waals surface area contributed by atoms with E-state index in [1.165, 1.54) is 0 Å². The molecule has 0 aromatic carbocycles. The van der Waals surface area contributed by atoms with Crippen molar-refractivity contribution in [3.05, 3.63) is 0 Å². The minimum atomic E-state index is -0.901. The molecule has 1 atom stereocenters. The molecule has 0 fully saturated rings. The molecule has 0 rings (SSSR count). The Labute approximate surface area is 80.0 Å². The molecule has 0 aromatic heterocycles. The fourth-order valence-corrected chi connectivity index (χ4v) is 6.27. The van der Waals surface area contributed by atoms with Gasteiger partial charge in [0, 0.05) is 0 Å². The van der Waals surface area contributed by atoms with Gasteiger partial charge in [0.05, 0.1) is 13.6 Å². The molecule has 2 nitrogen and oxygen atoms in total. The molecule has 0 amide bonds. The summed E-state index contributed by atoms with van der Waals surface area (Å²) >= 11 is 0. The molecule has 0 aliphatic heterocycles. The van der Waals surface area contributed by atoms with E-state index < -0.39 is 7.74 Å². The van der Waals surface area contributed by atoms with Crippen LogP contribution in [0.15, 0.2) is 0 Å². The molecule has 0 spiro atoms. The standard InChI is InChI=1S/C8H23N2PSi/c1-9(2)8(10(3)4)11-12(5,6)7/h8,11H,1-7H3. The average molecular weight is 206 g/mol. The lowest BCUT2D eigenvalue weighted by molar-refractivity contribution is 0.210. The molecule has 12 heavy (non-hydrogen) atoms. The maximum atomic E-state index is 2.44. The molecule has 0 bridgehead atoms. The summed E-state index contributed by atoms with van der Waals surface area (Å²) in [7, 11) is 8.84. The van der Waals surface area contributed by atoms with E-state index in [4.69, 9.17) is 0 Å². The highest BCUT2D eigenvalue weighted by Gasteiger charge is 2.22. The van der Waals surface area contributed by atoms with Crippen LogP contribution in [0.3, 0.4) is 0 Å². The highest BCUT2D eigenvalue weighted by Crippen LogP contribution is 2.33. The van der Waals surface area contributed by atoms with Crippen LogP contribution < -0.4 is 0 Å². The summed E-state index contributed by atoms with van der Waals surface area (Å²) in [6, 6.07) is 0. The van der Waals surface area contributed by atoms with Crippen LogP contribution >= 0.6 is 8.13 Å². The molecule has 0 heterocycles. The molecule has 1 unspecified atom stereocenters. The lowest BCUT2D eigenvalue weighted by Gasteiger charge is -2.34. The molecule has 0 radical (unpaired) electrons. The number of nitrogens with zero attached hydrogens (tertiary/aromatic N) is 2. The van der Waals surface area contributed by atoms with E-state index in [2.05, 4.69) is 57.6 Å². The van der Waals surface area contributed by atoms with E-state index in [0.717, 1.165) is 8.13 Å². The topological polar surface area (TPSA) is 6.48 Å². The van der Waals surface area contributed by atoms with Crippen LogP contribution in [0.2, 0.25) is 19.6 Å². The van der Waals surface area contributed by atoms with Gasteiger partial charge in [0.1, 0.15) is 0 Å². The van der Waals surface area contributed by atoms with Crippen LogP contribution in [-0.4, -0.2) is 51.6 Å². The van der Waals surface area contributed by atoms with Crippen molar-refractivity contribution in [2.24, 2.45) is 0 Å². The normalized spacial score (nSPS) is 14.5. The van der Waals surface area contributed by atoms with Crippen molar-refractivity contribution in [3.8, 4) is 0 Å². The molecular weight excluding hydrogens is 183 g/mol. The van der Waals surface area contributed by atoms with Crippen molar-refractivity contribution < 1.29 is 0 Å². The first-order valence-corrected chi connectivity index (χ1v) is 9.92. The van der Waals surface area contributed by atoms with Crippen LogP contribution in [0.25, 0.3) is 0 Å². The second kappa shape index (κ2) is 4.71. The first kappa shape index (κ1) is 12.6. The summed E-state index contributed by atoms with van der Waals surface area (Å²) in [6.45, 7) is 7.31. The fourth-order valence-electron chi connectivity index (χ4n) is 1.11. The maximum Gasteiger partial charge on any atom is 0.0748 e. The first-order valence-electron chi connectivity index (χ1n) is 4.34. The molecule has 0 aromatic rings. The van der Waals surface area contributed by atoms with Gasteiger partial charge in [-0.15, -0.1) is 8.13 Å². The minimum Gasteiger partial charge on any atom is -0.291 e. The third-order valence-electron chi connectivity index (χ3n) is 1.54. The van der Waals surface area contributed by atoms with Crippen molar-refractivity contribution in [2.75, 3.05) is 28.2 Å². The van der Waals surface area contributed by atoms with Crippen molar-refractivity contribution in [2.45, 2.75) is 25.5 Å². The van der Waals surface area contributed by atoms with Crippen molar-refractivity contribution >= 4 is 15.9 Å². The molecule has 0 saturated heterocycles. The van der Waals surface area contributed by atoms with Gasteiger partial charge in [0.2, 0.25) is 0 Å². The van der Waals surface area contributed by atoms with Gasteiger partial charge >= 0.3 is 0 Å². The summed E-state index contributed by atoms with van der Waals surface area (Å²) in [5.41, 5.74) is 0. The Morgan fingerprint density at radius 3 is 1.33 bits per heavy atom. The molecule has 74 valence electrons. The van der Waals surface area contributed by atoms with Gasteiger partial charge in [-0.3, -0.25) is 9.80 Å². The molecule has 4 heteroatoms. The van der Waals surface area contributed by atoms with E-state index in [1.807, 2.05) is 0 Å². The molecule has 0 aliphatic rings. The lowest BCUT2D eigenvalue weighted by Crippen LogP contribution is -2.40. The van der Waals surface area contributed by atoms with Crippen LogP contribution in [0.5, 0.6) is 0 Å². The van der Waals surface area contributed by atoms with Gasteiger partial charge in [-0.1, -0.05) is 19.6 Å². The highest BCUT2D eigenvalue weighted by molar-refractivity contribution is 7.81. The predicted octanol–water partition coefficient (Wildman–Crippen LogP) is 1.91. The monoisotopic (exact) mass is 206 g/mol. The summed E-state index contributed by atoms with van der Waals surface area (Å²) in [4.78, 5) is 4.63. The summed E-state index contributed by atoms with van der Waals surface area (Å²) in [5.74, 6) is 0.636. The van der Waals surface area contributed by atoms with Crippen LogP contribution in [0.4, 0.5) is 0 Å². The zero-order valence-corrected chi connectivity index (χ0v) is 11.5. The Bertz CT molecular complexity index is 124. The number of hydrogen-bond acceptors (Lipinski definition) is 2. The third-order valence-corrected chi connectivity index (χ3v) is 7.07. The van der Waals surface area contributed by atoms with E-state index >= 15 is 0 Å². The smallest absolute Gasteiger partial charge is 0.0748 e. The SMILES string of the molecule is CN(C)C(P[Si](C)(C)C)N(C)C. The van der Waals surface area contributed by atoms with Gasteiger partial charge in [0.15, 0.2) is 0 Å². The van der Waals surface area contributed by atoms with Crippen LogP contribution in [-0.2, 0) is 0 Å². The van der Waals surface area contributed by atoms with Gasteiger partial charge in [-0.25, -0.2) is 0 Å². The first-order chi connectivity index (χ1) is 5.24. The molecular formula is C8H23N2PSi. The largest absolute Gasteiger partial charge is 0.291 e. The highest BCUT2D eigenvalue weighted by atomic mass is 31.3. The second-order valence-electron chi connectivity index (χ2n) is 4.70. The van der Waals surface area contributed by atoms with E-state index in [0.29, 0.717) is 5.91 Å². The van der Waals surface area contributed by atoms with E-state index in [1.54, 1.807) is 0 Å². The summed E-state index contributed by atoms with van der Waals surface area (Å²) < 4.78 is 0. The fraction of sp³-hybridized carbons (Fsp3) is 1.00. The maximum absolute atomic E-state index is 2.44. The van der Waals surface area contributed by atoms with Gasteiger partial charge in [-0.05, 0) is 28.2 Å². The Morgan fingerprint density at radius 1 is 0.917 bits per heavy atom. The minimum absolute atomic E-state index is 0.636. The zero-order valence-electron chi connectivity index (χ0n) is 9.47. The lowest BCUT2D eigenvalue weighted by atomic mass is 10.8. The van der Waals surface area contributed by atoms with E-state index in [-0.39, 0.29) is 0 Å². The third kappa shape index (κ3) is 5.25. The Balaban J connectivity index is 4.15.